The summed E-state index contributed by atoms with van der Waals surface area (Å²) >= 11 is 1.74. The van der Waals surface area contributed by atoms with Gasteiger partial charge in [-0.1, -0.05) is 78.4 Å². The maximum Gasteiger partial charge on any atom is 0.220 e. The largest absolute Gasteiger partial charge is 0.496 e. The van der Waals surface area contributed by atoms with Gasteiger partial charge in [0.1, 0.15) is 11.6 Å². The molecule has 7 heteroatoms. The van der Waals surface area contributed by atoms with Crippen LogP contribution in [0, 0.1) is 5.92 Å². The highest BCUT2D eigenvalue weighted by atomic mass is 32.2. The number of thioether (sulfide) groups is 1. The standard InChI is InChI=1S/C30H36N4O2S/c1-22-17-23(2)19-24(18-22)21-37-30-33-32-28(34(30)26-12-5-4-6-13-26)15-9-10-16-29(35)31-20-25-11-7-8-14-27(25)36-3/h4-8,11-14,17-18,23H,9-10,15-16,19-21H2,1-3H3,(H,31,35). The van der Waals surface area contributed by atoms with Crippen LogP contribution < -0.4 is 10.1 Å². The van der Waals surface area contributed by atoms with Gasteiger partial charge in [-0.05, 0) is 50.3 Å². The van der Waals surface area contributed by atoms with E-state index in [0.29, 0.717) is 18.9 Å². The molecule has 1 aromatic heterocycles. The van der Waals surface area contributed by atoms with Crippen molar-refractivity contribution in [3.63, 3.8) is 0 Å². The Morgan fingerprint density at radius 3 is 2.68 bits per heavy atom. The minimum absolute atomic E-state index is 0.0472. The molecule has 0 spiro atoms. The number of unbranched alkanes of at least 4 members (excludes halogenated alkanes) is 1. The number of allylic oxidation sites excluding steroid dienone is 3. The molecule has 0 saturated heterocycles. The molecule has 1 heterocycles. The van der Waals surface area contributed by atoms with Crippen LogP contribution in [-0.2, 0) is 17.8 Å². The molecule has 0 aliphatic heterocycles. The maximum absolute atomic E-state index is 12.4. The Balaban J connectivity index is 1.33. The fraction of sp³-hybridized carbons (Fsp3) is 0.367. The van der Waals surface area contributed by atoms with Gasteiger partial charge in [-0.15, -0.1) is 10.2 Å². The molecule has 1 atom stereocenters. The number of nitrogens with zero attached hydrogens (tertiary/aromatic N) is 3. The van der Waals surface area contributed by atoms with E-state index in [1.807, 2.05) is 42.5 Å². The molecule has 4 rings (SSSR count). The minimum atomic E-state index is 0.0472. The summed E-state index contributed by atoms with van der Waals surface area (Å²) in [6, 6.07) is 18.0. The minimum Gasteiger partial charge on any atom is -0.496 e. The Morgan fingerprint density at radius 2 is 1.89 bits per heavy atom. The Hall–Kier alpha value is -3.32. The number of carbonyl (C=O) groups is 1. The van der Waals surface area contributed by atoms with Crippen molar-refractivity contribution in [3.05, 3.63) is 89.3 Å². The third kappa shape index (κ3) is 7.59. The number of hydrogen-bond donors (Lipinski definition) is 1. The molecule has 0 fully saturated rings. The van der Waals surface area contributed by atoms with Crippen LogP contribution in [0.4, 0.5) is 0 Å². The lowest BCUT2D eigenvalue weighted by molar-refractivity contribution is -0.121. The zero-order valence-electron chi connectivity index (χ0n) is 21.9. The number of para-hydroxylation sites is 2. The number of ether oxygens (including phenoxy) is 1. The summed E-state index contributed by atoms with van der Waals surface area (Å²) in [7, 11) is 1.64. The fourth-order valence-electron chi connectivity index (χ4n) is 4.70. The number of nitrogens with one attached hydrogen (secondary N) is 1. The predicted octanol–water partition coefficient (Wildman–Crippen LogP) is 6.31. The Morgan fingerprint density at radius 1 is 1.11 bits per heavy atom. The number of carbonyl (C=O) groups excluding carboxylic acids is 1. The van der Waals surface area contributed by atoms with Gasteiger partial charge in [-0.25, -0.2) is 0 Å². The zero-order chi connectivity index (χ0) is 26.0. The number of hydrogen-bond acceptors (Lipinski definition) is 5. The second-order valence-corrected chi connectivity index (χ2v) is 10.5. The van der Waals surface area contributed by atoms with Crippen LogP contribution in [0.25, 0.3) is 5.69 Å². The molecule has 1 aliphatic rings. The molecule has 0 radical (unpaired) electrons. The average molecular weight is 517 g/mol. The van der Waals surface area contributed by atoms with Gasteiger partial charge in [0.05, 0.1) is 7.11 Å². The van der Waals surface area contributed by atoms with Gasteiger partial charge in [-0.3, -0.25) is 9.36 Å². The van der Waals surface area contributed by atoms with Crippen LogP contribution in [0.1, 0.15) is 50.9 Å². The lowest BCUT2D eigenvalue weighted by Crippen LogP contribution is -2.22. The van der Waals surface area contributed by atoms with Crippen molar-refractivity contribution in [2.75, 3.05) is 12.9 Å². The van der Waals surface area contributed by atoms with E-state index >= 15 is 0 Å². The van der Waals surface area contributed by atoms with Gasteiger partial charge >= 0.3 is 0 Å². The highest BCUT2D eigenvalue weighted by molar-refractivity contribution is 7.99. The molecular formula is C30H36N4O2S. The van der Waals surface area contributed by atoms with E-state index in [4.69, 9.17) is 4.74 Å². The van der Waals surface area contributed by atoms with Crippen molar-refractivity contribution in [2.45, 2.75) is 57.7 Å². The van der Waals surface area contributed by atoms with Crippen LogP contribution in [0.3, 0.4) is 0 Å². The highest BCUT2D eigenvalue weighted by Gasteiger charge is 2.17. The zero-order valence-corrected chi connectivity index (χ0v) is 22.8. The van der Waals surface area contributed by atoms with E-state index in [1.54, 1.807) is 18.9 Å². The monoisotopic (exact) mass is 516 g/mol. The van der Waals surface area contributed by atoms with Crippen molar-refractivity contribution >= 4 is 17.7 Å². The molecule has 3 aromatic rings. The number of rotatable bonds is 12. The van der Waals surface area contributed by atoms with Crippen molar-refractivity contribution in [3.8, 4) is 11.4 Å². The molecule has 1 unspecified atom stereocenters. The van der Waals surface area contributed by atoms with Crippen LogP contribution in [0.15, 0.2) is 83.1 Å². The molecular weight excluding hydrogens is 480 g/mol. The number of amides is 1. The van der Waals surface area contributed by atoms with Gasteiger partial charge in [-0.2, -0.15) is 0 Å². The van der Waals surface area contributed by atoms with Crippen LogP contribution >= 0.6 is 11.8 Å². The molecule has 37 heavy (non-hydrogen) atoms. The third-order valence-electron chi connectivity index (χ3n) is 6.39. The molecule has 6 nitrogen and oxygen atoms in total. The van der Waals surface area contributed by atoms with Gasteiger partial charge in [0.15, 0.2) is 5.16 Å². The first-order valence-corrected chi connectivity index (χ1v) is 13.9. The van der Waals surface area contributed by atoms with E-state index in [1.165, 1.54) is 11.1 Å². The number of aryl methyl sites for hydroxylation is 1. The van der Waals surface area contributed by atoms with E-state index < -0.39 is 0 Å². The fourth-order valence-corrected chi connectivity index (χ4v) is 5.65. The highest BCUT2D eigenvalue weighted by Crippen LogP contribution is 2.29. The van der Waals surface area contributed by atoms with Crippen LogP contribution in [0.5, 0.6) is 5.75 Å². The van der Waals surface area contributed by atoms with Crippen LogP contribution in [0.2, 0.25) is 0 Å². The van der Waals surface area contributed by atoms with Crippen molar-refractivity contribution < 1.29 is 9.53 Å². The summed E-state index contributed by atoms with van der Waals surface area (Å²) in [5.41, 5.74) is 4.83. The van der Waals surface area contributed by atoms with Gasteiger partial charge in [0.25, 0.3) is 0 Å². The number of methoxy groups -OCH3 is 1. The van der Waals surface area contributed by atoms with Crippen molar-refractivity contribution in [1.82, 2.24) is 20.1 Å². The Labute approximate surface area is 224 Å². The summed E-state index contributed by atoms with van der Waals surface area (Å²) < 4.78 is 7.53. The van der Waals surface area contributed by atoms with Gasteiger partial charge in [0.2, 0.25) is 5.91 Å². The molecule has 0 saturated carbocycles. The number of aromatic nitrogens is 3. The van der Waals surface area contributed by atoms with E-state index in [0.717, 1.165) is 59.4 Å². The van der Waals surface area contributed by atoms with E-state index in [-0.39, 0.29) is 5.91 Å². The lowest BCUT2D eigenvalue weighted by Gasteiger charge is -2.17. The van der Waals surface area contributed by atoms with Gasteiger partial charge < -0.3 is 10.1 Å². The topological polar surface area (TPSA) is 69.0 Å². The summed E-state index contributed by atoms with van der Waals surface area (Å²) in [5.74, 6) is 3.26. The Kier molecular flexibility index (Phi) is 9.60. The number of benzene rings is 2. The molecule has 1 aliphatic carbocycles. The molecule has 2 aromatic carbocycles. The maximum atomic E-state index is 12.4. The summed E-state index contributed by atoms with van der Waals surface area (Å²) in [4.78, 5) is 12.4. The second-order valence-electron chi connectivity index (χ2n) is 9.55. The summed E-state index contributed by atoms with van der Waals surface area (Å²) in [6.45, 7) is 4.91. The molecule has 1 N–H and O–H groups in total. The summed E-state index contributed by atoms with van der Waals surface area (Å²) in [6.07, 6.45) is 8.63. The van der Waals surface area contributed by atoms with Gasteiger partial charge in [0, 0.05) is 36.4 Å². The third-order valence-corrected chi connectivity index (χ3v) is 7.43. The first-order valence-electron chi connectivity index (χ1n) is 12.9. The average Bonchev–Trinajstić information content (AvgIpc) is 3.31. The molecule has 194 valence electrons. The Bertz CT molecular complexity index is 1250. The first kappa shape index (κ1) is 26.7. The van der Waals surface area contributed by atoms with Crippen molar-refractivity contribution in [1.29, 1.82) is 0 Å². The first-order chi connectivity index (χ1) is 18.0. The normalized spacial score (nSPS) is 15.2. The second kappa shape index (κ2) is 13.3. The van der Waals surface area contributed by atoms with Crippen LogP contribution in [-0.4, -0.2) is 33.5 Å². The predicted molar refractivity (Wildman–Crippen MR) is 150 cm³/mol. The van der Waals surface area contributed by atoms with Crippen molar-refractivity contribution in [2.24, 2.45) is 5.92 Å². The smallest absolute Gasteiger partial charge is 0.220 e. The molecule has 1 amide bonds. The quantitative estimate of drug-likeness (QED) is 0.226. The lowest BCUT2D eigenvalue weighted by atomic mass is 9.93. The van der Waals surface area contributed by atoms with E-state index in [9.17, 15) is 4.79 Å². The summed E-state index contributed by atoms with van der Waals surface area (Å²) in [5, 5.41) is 13.0. The molecule has 0 bridgehead atoms. The van der Waals surface area contributed by atoms with E-state index in [2.05, 4.69) is 58.2 Å². The SMILES string of the molecule is COc1ccccc1CNC(=O)CCCCc1nnc(SCC2=CC(C)=CC(C)C2)n1-c1ccccc1.